The largest absolute Gasteiger partial charge is 0.391 e. The molecule has 0 aromatic heterocycles. The number of hydrogen-bond acceptors (Lipinski definition) is 3. The zero-order valence-electron chi connectivity index (χ0n) is 10.4. The number of nitrogen functional groups attached to an aromatic ring is 1. The number of aliphatic hydroxyl groups excluding tert-OH is 1. The van der Waals surface area contributed by atoms with E-state index in [1.165, 1.54) is 12.1 Å². The Morgan fingerprint density at radius 3 is 2.89 bits per heavy atom. The fourth-order valence-electron chi connectivity index (χ4n) is 2.27. The van der Waals surface area contributed by atoms with E-state index in [2.05, 4.69) is 0 Å². The Labute approximate surface area is 106 Å². The van der Waals surface area contributed by atoms with Crippen molar-refractivity contribution in [3.63, 3.8) is 0 Å². The van der Waals surface area contributed by atoms with E-state index in [0.29, 0.717) is 12.1 Å². The molecule has 0 amide bonds. The maximum Gasteiger partial charge on any atom is 0.125 e. The van der Waals surface area contributed by atoms with E-state index >= 15 is 0 Å². The lowest BCUT2D eigenvalue weighted by atomic mass is 9.95. The van der Waals surface area contributed by atoms with Gasteiger partial charge in [-0.2, -0.15) is 0 Å². The lowest BCUT2D eigenvalue weighted by Crippen LogP contribution is -2.43. The van der Waals surface area contributed by atoms with Crippen LogP contribution in [0.15, 0.2) is 18.2 Å². The van der Waals surface area contributed by atoms with E-state index in [-0.39, 0.29) is 11.8 Å². The molecule has 0 spiro atoms. The van der Waals surface area contributed by atoms with Crippen LogP contribution in [0.4, 0.5) is 10.1 Å². The summed E-state index contributed by atoms with van der Waals surface area (Å²) in [6.07, 6.45) is 0.471. The Morgan fingerprint density at radius 2 is 2.28 bits per heavy atom. The molecule has 1 fully saturated rings. The highest BCUT2D eigenvalue weighted by Crippen LogP contribution is 2.26. The van der Waals surface area contributed by atoms with Gasteiger partial charge in [0.2, 0.25) is 0 Å². The second kappa shape index (κ2) is 4.94. The molecule has 1 saturated heterocycles. The molecule has 0 saturated carbocycles. The Morgan fingerprint density at radius 1 is 1.56 bits per heavy atom. The molecule has 5 heteroatoms. The topological polar surface area (TPSA) is 73.3 Å². The molecule has 98 valence electrons. The average Bonchev–Trinajstić information content (AvgIpc) is 2.32. The van der Waals surface area contributed by atoms with Crippen molar-refractivity contribution >= 4 is 11.5 Å². The highest BCUT2D eigenvalue weighted by molar-refractivity contribution is 6.00. The smallest absolute Gasteiger partial charge is 0.125 e. The van der Waals surface area contributed by atoms with Gasteiger partial charge < -0.3 is 15.7 Å². The summed E-state index contributed by atoms with van der Waals surface area (Å²) in [4.78, 5) is 1.96. The summed E-state index contributed by atoms with van der Waals surface area (Å²) in [6.45, 7) is 3.29. The van der Waals surface area contributed by atoms with Crippen LogP contribution in [0.3, 0.4) is 0 Å². The summed E-state index contributed by atoms with van der Waals surface area (Å²) in [5.41, 5.74) is 6.58. The number of nitrogens with one attached hydrogen (secondary N) is 1. The number of benzene rings is 1. The van der Waals surface area contributed by atoms with Crippen LogP contribution in [0, 0.1) is 17.1 Å². The molecule has 1 heterocycles. The Bertz CT molecular complexity index is 464. The van der Waals surface area contributed by atoms with Crippen molar-refractivity contribution < 1.29 is 9.50 Å². The van der Waals surface area contributed by atoms with Crippen LogP contribution in [-0.4, -0.2) is 30.1 Å². The van der Waals surface area contributed by atoms with Crippen LogP contribution in [0.25, 0.3) is 0 Å². The van der Waals surface area contributed by atoms with Crippen LogP contribution < -0.4 is 10.6 Å². The number of hydrogen-bond donors (Lipinski definition) is 3. The predicted molar refractivity (Wildman–Crippen MR) is 69.4 cm³/mol. The highest BCUT2D eigenvalue weighted by Gasteiger charge is 2.26. The first-order valence-electron chi connectivity index (χ1n) is 6.06. The molecule has 2 atom stereocenters. The van der Waals surface area contributed by atoms with Crippen LogP contribution >= 0.6 is 0 Å². The molecule has 1 aromatic carbocycles. The van der Waals surface area contributed by atoms with Gasteiger partial charge in [-0.1, -0.05) is 6.92 Å². The number of nitrogens with zero attached hydrogens (tertiary/aromatic N) is 1. The van der Waals surface area contributed by atoms with Gasteiger partial charge in [0.15, 0.2) is 0 Å². The zero-order chi connectivity index (χ0) is 13.3. The first-order chi connectivity index (χ1) is 8.49. The second-order valence-corrected chi connectivity index (χ2v) is 4.85. The first kappa shape index (κ1) is 12.8. The van der Waals surface area contributed by atoms with Gasteiger partial charge in [-0.15, -0.1) is 0 Å². The van der Waals surface area contributed by atoms with Gasteiger partial charge in [-0.25, -0.2) is 4.39 Å². The molecule has 4 N–H and O–H groups in total. The fourth-order valence-corrected chi connectivity index (χ4v) is 2.27. The van der Waals surface area contributed by atoms with E-state index in [1.807, 2.05) is 11.8 Å². The second-order valence-electron chi connectivity index (χ2n) is 4.85. The average molecular weight is 251 g/mol. The molecule has 1 aliphatic heterocycles. The zero-order valence-corrected chi connectivity index (χ0v) is 10.4. The third-order valence-corrected chi connectivity index (χ3v) is 3.51. The molecular formula is C13H18FN3O. The molecule has 18 heavy (non-hydrogen) atoms. The molecular weight excluding hydrogens is 233 g/mol. The van der Waals surface area contributed by atoms with E-state index in [9.17, 15) is 9.50 Å². The number of piperidine rings is 1. The van der Waals surface area contributed by atoms with Gasteiger partial charge in [-0.05, 0) is 30.5 Å². The molecule has 4 nitrogen and oxygen atoms in total. The van der Waals surface area contributed by atoms with Crippen molar-refractivity contribution in [2.24, 2.45) is 11.7 Å². The number of nitrogens with two attached hydrogens (primary N) is 1. The first-order valence-corrected chi connectivity index (χ1v) is 6.06. The minimum absolute atomic E-state index is 0.155. The van der Waals surface area contributed by atoms with Crippen LogP contribution in [0.5, 0.6) is 0 Å². The molecule has 2 unspecified atom stereocenters. The highest BCUT2D eigenvalue weighted by atomic mass is 19.1. The lowest BCUT2D eigenvalue weighted by Gasteiger charge is -2.36. The molecule has 1 aromatic rings. The maximum absolute atomic E-state index is 13.2. The number of β-amino-alcohol motifs (C(OH)–C–C–N with tert-alkyl or cyclic N) is 1. The number of amidine groups is 1. The van der Waals surface area contributed by atoms with E-state index in [4.69, 9.17) is 11.1 Å². The van der Waals surface area contributed by atoms with E-state index < -0.39 is 11.9 Å². The standard InChI is InChI=1S/C13H18FN3O/c1-8-4-5-17(7-12(8)18)11-3-2-9(14)6-10(11)13(15)16/h2-3,6,8,12,18H,4-5,7H2,1H3,(H3,15,16). The summed E-state index contributed by atoms with van der Waals surface area (Å²) < 4.78 is 13.2. The van der Waals surface area contributed by atoms with Crippen molar-refractivity contribution in [3.05, 3.63) is 29.6 Å². The number of anilines is 1. The molecule has 0 radical (unpaired) electrons. The Kier molecular flexibility index (Phi) is 3.52. The normalized spacial score (nSPS) is 24.1. The van der Waals surface area contributed by atoms with Gasteiger partial charge in [0.25, 0.3) is 0 Å². The van der Waals surface area contributed by atoms with Gasteiger partial charge in [0.05, 0.1) is 6.10 Å². The van der Waals surface area contributed by atoms with Crippen molar-refractivity contribution in [1.29, 1.82) is 5.41 Å². The van der Waals surface area contributed by atoms with E-state index in [0.717, 1.165) is 18.7 Å². The Hall–Kier alpha value is -1.62. The summed E-state index contributed by atoms with van der Waals surface area (Å²) in [6, 6.07) is 4.24. The number of aliphatic hydroxyl groups is 1. The third kappa shape index (κ3) is 2.46. The van der Waals surface area contributed by atoms with Crippen LogP contribution in [0.2, 0.25) is 0 Å². The lowest BCUT2D eigenvalue weighted by molar-refractivity contribution is 0.103. The summed E-state index contributed by atoms with van der Waals surface area (Å²) in [7, 11) is 0. The summed E-state index contributed by atoms with van der Waals surface area (Å²) in [5, 5.41) is 17.4. The molecule has 1 aliphatic rings. The Balaban J connectivity index is 2.30. The third-order valence-electron chi connectivity index (χ3n) is 3.51. The minimum Gasteiger partial charge on any atom is -0.391 e. The summed E-state index contributed by atoms with van der Waals surface area (Å²) in [5.74, 6) is -0.296. The van der Waals surface area contributed by atoms with Gasteiger partial charge in [-0.3, -0.25) is 5.41 Å². The molecule has 0 bridgehead atoms. The van der Waals surface area contributed by atoms with E-state index in [1.54, 1.807) is 6.07 Å². The SMILES string of the molecule is CC1CCN(c2ccc(F)cc2C(=N)N)CC1O. The minimum atomic E-state index is -0.408. The van der Waals surface area contributed by atoms with Crippen molar-refractivity contribution in [3.8, 4) is 0 Å². The maximum atomic E-state index is 13.2. The monoisotopic (exact) mass is 251 g/mol. The van der Waals surface area contributed by atoms with Gasteiger partial charge >= 0.3 is 0 Å². The van der Waals surface area contributed by atoms with Crippen molar-refractivity contribution in [2.75, 3.05) is 18.0 Å². The summed E-state index contributed by atoms with van der Waals surface area (Å²) >= 11 is 0. The molecule has 2 rings (SSSR count). The number of rotatable bonds is 2. The van der Waals surface area contributed by atoms with Gasteiger partial charge in [0.1, 0.15) is 11.7 Å². The van der Waals surface area contributed by atoms with Gasteiger partial charge in [0, 0.05) is 24.3 Å². The van der Waals surface area contributed by atoms with Crippen molar-refractivity contribution in [2.45, 2.75) is 19.4 Å². The number of halogens is 1. The molecule has 0 aliphatic carbocycles. The van der Waals surface area contributed by atoms with Crippen LogP contribution in [0.1, 0.15) is 18.9 Å². The fraction of sp³-hybridized carbons (Fsp3) is 0.462. The quantitative estimate of drug-likeness (QED) is 0.548. The predicted octanol–water partition coefficient (Wildman–Crippen LogP) is 1.32. The van der Waals surface area contributed by atoms with Crippen molar-refractivity contribution in [1.82, 2.24) is 0 Å². The van der Waals surface area contributed by atoms with Crippen LogP contribution in [-0.2, 0) is 0 Å².